The number of carbonyl (C=O) groups excluding carboxylic acids is 4. The normalized spacial score (nSPS) is 15.9. The van der Waals surface area contributed by atoms with Crippen LogP contribution in [0.2, 0.25) is 0 Å². The Labute approximate surface area is 160 Å². The van der Waals surface area contributed by atoms with Crippen molar-refractivity contribution in [3.63, 3.8) is 0 Å². The minimum absolute atomic E-state index is 0.348. The van der Waals surface area contributed by atoms with Crippen LogP contribution in [0.15, 0.2) is 60.7 Å². The lowest BCUT2D eigenvalue weighted by molar-refractivity contribution is -0.124. The van der Waals surface area contributed by atoms with Gasteiger partial charge in [-0.3, -0.25) is 29.8 Å². The van der Waals surface area contributed by atoms with Gasteiger partial charge in [0, 0.05) is 30.6 Å². The van der Waals surface area contributed by atoms with Gasteiger partial charge in [0.2, 0.25) is 0 Å². The number of hydrogen-bond donors (Lipinski definition) is 2. The van der Waals surface area contributed by atoms with E-state index < -0.39 is 23.6 Å². The van der Waals surface area contributed by atoms with Crippen LogP contribution in [0.4, 0.5) is 11.4 Å². The van der Waals surface area contributed by atoms with Crippen LogP contribution in [-0.2, 0) is 19.2 Å². The Morgan fingerprint density at radius 2 is 0.964 bits per heavy atom. The fraction of sp³-hybridized carbons (Fsp3) is 0.0476. The molecule has 2 heterocycles. The highest BCUT2D eigenvalue weighted by atomic mass is 16.2. The standard InChI is InChI=1S/C21H15N3O4/c1-24(14-6-2-12(3-7-14)16-10-18(25)22-20(16)27)15-8-4-13(5-9-15)17-11-19(26)23-21(17)28/h2-11H,1H3,(H,22,25,27)(H,23,26,28). The van der Waals surface area contributed by atoms with Crippen LogP contribution in [0.3, 0.4) is 0 Å². The maximum absolute atomic E-state index is 11.7. The van der Waals surface area contributed by atoms with E-state index in [2.05, 4.69) is 10.6 Å². The van der Waals surface area contributed by atoms with Gasteiger partial charge in [-0.2, -0.15) is 0 Å². The van der Waals surface area contributed by atoms with Crippen molar-refractivity contribution >= 4 is 46.1 Å². The van der Waals surface area contributed by atoms with E-state index in [1.807, 2.05) is 36.2 Å². The zero-order valence-electron chi connectivity index (χ0n) is 14.9. The third-order valence-electron chi connectivity index (χ3n) is 4.64. The summed E-state index contributed by atoms with van der Waals surface area (Å²) < 4.78 is 0. The van der Waals surface area contributed by atoms with Gasteiger partial charge in [-0.15, -0.1) is 0 Å². The Bertz CT molecular complexity index is 992. The van der Waals surface area contributed by atoms with Gasteiger partial charge in [-0.25, -0.2) is 0 Å². The van der Waals surface area contributed by atoms with E-state index in [0.717, 1.165) is 11.4 Å². The lowest BCUT2D eigenvalue weighted by Crippen LogP contribution is -2.21. The van der Waals surface area contributed by atoms with Gasteiger partial charge < -0.3 is 4.90 Å². The average molecular weight is 373 g/mol. The molecule has 4 amide bonds. The minimum Gasteiger partial charge on any atom is -0.345 e. The molecule has 2 aliphatic heterocycles. The van der Waals surface area contributed by atoms with E-state index >= 15 is 0 Å². The predicted molar refractivity (Wildman–Crippen MR) is 103 cm³/mol. The average Bonchev–Trinajstić information content (AvgIpc) is 3.21. The Kier molecular flexibility index (Phi) is 4.12. The largest absolute Gasteiger partial charge is 0.345 e. The molecule has 2 aromatic carbocycles. The summed E-state index contributed by atoms with van der Waals surface area (Å²) in [6, 6.07) is 14.5. The molecule has 0 saturated heterocycles. The Morgan fingerprint density at radius 3 is 1.25 bits per heavy atom. The molecule has 138 valence electrons. The maximum Gasteiger partial charge on any atom is 0.258 e. The monoisotopic (exact) mass is 373 g/mol. The third kappa shape index (κ3) is 3.09. The summed E-state index contributed by atoms with van der Waals surface area (Å²) in [7, 11) is 1.89. The molecule has 2 N–H and O–H groups in total. The number of nitrogens with zero attached hydrogens (tertiary/aromatic N) is 1. The van der Waals surface area contributed by atoms with Crippen LogP contribution in [0.25, 0.3) is 11.1 Å². The quantitative estimate of drug-likeness (QED) is 0.793. The number of anilines is 2. The number of rotatable bonds is 4. The summed E-state index contributed by atoms with van der Waals surface area (Å²) in [5, 5.41) is 4.46. The highest BCUT2D eigenvalue weighted by molar-refractivity contribution is 6.34. The molecule has 7 nitrogen and oxygen atoms in total. The first kappa shape index (κ1) is 17.4. The van der Waals surface area contributed by atoms with Crippen LogP contribution in [0.1, 0.15) is 11.1 Å². The van der Waals surface area contributed by atoms with Crippen molar-refractivity contribution in [2.75, 3.05) is 11.9 Å². The second-order valence-electron chi connectivity index (χ2n) is 6.41. The third-order valence-corrected chi connectivity index (χ3v) is 4.64. The summed E-state index contributed by atoms with van der Waals surface area (Å²) >= 11 is 0. The van der Waals surface area contributed by atoms with Crippen LogP contribution in [-0.4, -0.2) is 30.7 Å². The molecular weight excluding hydrogens is 358 g/mol. The Hall–Kier alpha value is -4.00. The molecule has 28 heavy (non-hydrogen) atoms. The van der Waals surface area contributed by atoms with Gasteiger partial charge in [-0.1, -0.05) is 24.3 Å². The molecule has 0 aliphatic carbocycles. The Balaban J connectivity index is 1.54. The predicted octanol–water partition coefficient (Wildman–Crippen LogP) is 1.53. The van der Waals surface area contributed by atoms with Crippen molar-refractivity contribution in [2.24, 2.45) is 0 Å². The molecule has 0 unspecified atom stereocenters. The first-order valence-corrected chi connectivity index (χ1v) is 8.51. The summed E-state index contributed by atoms with van der Waals surface area (Å²) in [6.07, 6.45) is 2.58. The zero-order valence-corrected chi connectivity index (χ0v) is 14.9. The minimum atomic E-state index is -0.408. The first-order chi connectivity index (χ1) is 13.4. The van der Waals surface area contributed by atoms with Crippen LogP contribution >= 0.6 is 0 Å². The summed E-state index contributed by atoms with van der Waals surface area (Å²) in [5.74, 6) is -1.61. The van der Waals surface area contributed by atoms with Crippen molar-refractivity contribution in [1.82, 2.24) is 10.6 Å². The maximum atomic E-state index is 11.7. The number of imide groups is 2. The van der Waals surface area contributed by atoms with Crippen molar-refractivity contribution < 1.29 is 19.2 Å². The number of amides is 4. The van der Waals surface area contributed by atoms with Gasteiger partial charge in [-0.05, 0) is 35.4 Å². The van der Waals surface area contributed by atoms with Gasteiger partial charge in [0.1, 0.15) is 0 Å². The molecular formula is C21H15N3O4. The molecule has 0 spiro atoms. The molecule has 7 heteroatoms. The van der Waals surface area contributed by atoms with Gasteiger partial charge in [0.25, 0.3) is 23.6 Å². The molecule has 0 fully saturated rings. The fourth-order valence-corrected chi connectivity index (χ4v) is 3.13. The number of carbonyl (C=O) groups is 4. The second-order valence-corrected chi connectivity index (χ2v) is 6.41. The molecule has 2 aromatic rings. The number of benzene rings is 2. The first-order valence-electron chi connectivity index (χ1n) is 8.51. The second kappa shape index (κ2) is 6.62. The smallest absolute Gasteiger partial charge is 0.258 e. The molecule has 0 radical (unpaired) electrons. The number of hydrogen-bond acceptors (Lipinski definition) is 5. The number of nitrogens with one attached hydrogen (secondary N) is 2. The summed E-state index contributed by atoms with van der Waals surface area (Å²) in [5.41, 5.74) is 3.80. The fourth-order valence-electron chi connectivity index (χ4n) is 3.13. The molecule has 0 aromatic heterocycles. The topological polar surface area (TPSA) is 95.6 Å². The van der Waals surface area contributed by atoms with Gasteiger partial charge in [0.15, 0.2) is 0 Å². The molecule has 4 rings (SSSR count). The van der Waals surface area contributed by atoms with Crippen molar-refractivity contribution in [3.8, 4) is 0 Å². The van der Waals surface area contributed by atoms with Crippen molar-refractivity contribution in [3.05, 3.63) is 71.8 Å². The molecule has 0 atom stereocenters. The lowest BCUT2D eigenvalue weighted by atomic mass is 10.0. The van der Waals surface area contributed by atoms with E-state index in [1.165, 1.54) is 12.2 Å². The van der Waals surface area contributed by atoms with Gasteiger partial charge >= 0.3 is 0 Å². The van der Waals surface area contributed by atoms with E-state index in [1.54, 1.807) is 24.3 Å². The Morgan fingerprint density at radius 1 is 0.607 bits per heavy atom. The SMILES string of the molecule is CN(c1ccc(C2=CC(=O)NC2=O)cc1)c1ccc(C2=CC(=O)NC2=O)cc1. The van der Waals surface area contributed by atoms with Crippen LogP contribution in [0, 0.1) is 0 Å². The van der Waals surface area contributed by atoms with Gasteiger partial charge in [0.05, 0.1) is 11.1 Å². The zero-order chi connectivity index (χ0) is 19.8. The molecule has 0 bridgehead atoms. The van der Waals surface area contributed by atoms with E-state index in [-0.39, 0.29) is 0 Å². The van der Waals surface area contributed by atoms with Crippen molar-refractivity contribution in [1.29, 1.82) is 0 Å². The van der Waals surface area contributed by atoms with Crippen molar-refractivity contribution in [2.45, 2.75) is 0 Å². The molecule has 2 aliphatic rings. The molecule has 0 saturated carbocycles. The summed E-state index contributed by atoms with van der Waals surface area (Å²) in [4.78, 5) is 48.0. The lowest BCUT2D eigenvalue weighted by Gasteiger charge is -2.20. The van der Waals surface area contributed by atoms with E-state index in [9.17, 15) is 19.2 Å². The van der Waals surface area contributed by atoms with Crippen LogP contribution in [0.5, 0.6) is 0 Å². The highest BCUT2D eigenvalue weighted by Gasteiger charge is 2.23. The van der Waals surface area contributed by atoms with Crippen LogP contribution < -0.4 is 15.5 Å². The summed E-state index contributed by atoms with van der Waals surface area (Å²) in [6.45, 7) is 0. The highest BCUT2D eigenvalue weighted by Crippen LogP contribution is 2.28. The van der Waals surface area contributed by atoms with E-state index in [0.29, 0.717) is 22.3 Å². The van der Waals surface area contributed by atoms with E-state index in [4.69, 9.17) is 0 Å².